The minimum Gasteiger partial charge on any atom is -0.381 e. The summed E-state index contributed by atoms with van der Waals surface area (Å²) < 4.78 is 5.73. The predicted octanol–water partition coefficient (Wildman–Crippen LogP) is 5.44. The number of ether oxygens (including phenoxy) is 1. The lowest BCUT2D eigenvalue weighted by Gasteiger charge is -2.13. The maximum absolute atomic E-state index is 5.73. The number of unbranched alkanes of at least 4 members (excludes halogenated alkanes) is 2. The van der Waals surface area contributed by atoms with E-state index >= 15 is 0 Å². The summed E-state index contributed by atoms with van der Waals surface area (Å²) in [6, 6.07) is 0. The Morgan fingerprint density at radius 3 is 1.47 bits per heavy atom. The van der Waals surface area contributed by atoms with Gasteiger partial charge in [-0.3, -0.25) is 0 Å². The van der Waals surface area contributed by atoms with Crippen molar-refractivity contribution in [2.75, 3.05) is 13.2 Å². The zero-order valence-electron chi connectivity index (χ0n) is 12.6. The van der Waals surface area contributed by atoms with Crippen molar-refractivity contribution in [2.24, 2.45) is 11.8 Å². The Labute approximate surface area is 109 Å². The van der Waals surface area contributed by atoms with Crippen LogP contribution in [-0.4, -0.2) is 13.2 Å². The largest absolute Gasteiger partial charge is 0.381 e. The Balaban J connectivity index is 3.22. The van der Waals surface area contributed by atoms with Crippen LogP contribution in [0.4, 0.5) is 0 Å². The van der Waals surface area contributed by atoms with E-state index < -0.39 is 0 Å². The summed E-state index contributed by atoms with van der Waals surface area (Å²) in [5.74, 6) is 1.68. The van der Waals surface area contributed by atoms with E-state index in [1.165, 1.54) is 51.4 Å². The van der Waals surface area contributed by atoms with E-state index in [9.17, 15) is 0 Å². The molecule has 0 spiro atoms. The number of rotatable bonds is 12. The van der Waals surface area contributed by atoms with Gasteiger partial charge in [0.25, 0.3) is 0 Å². The minimum absolute atomic E-state index is 0.840. The van der Waals surface area contributed by atoms with E-state index in [1.54, 1.807) is 0 Å². The second kappa shape index (κ2) is 12.4. The lowest BCUT2D eigenvalue weighted by Crippen LogP contribution is -2.06. The van der Waals surface area contributed by atoms with Crippen molar-refractivity contribution in [1.29, 1.82) is 0 Å². The average molecular weight is 242 g/mol. The van der Waals surface area contributed by atoms with E-state index in [0.717, 1.165) is 25.0 Å². The first-order valence-corrected chi connectivity index (χ1v) is 7.78. The highest BCUT2D eigenvalue weighted by molar-refractivity contribution is 4.54. The van der Waals surface area contributed by atoms with Crippen molar-refractivity contribution in [2.45, 2.75) is 79.1 Å². The second-order valence-electron chi connectivity index (χ2n) is 5.68. The highest BCUT2D eigenvalue weighted by Gasteiger charge is 2.03. The van der Waals surface area contributed by atoms with Gasteiger partial charge in [0.1, 0.15) is 0 Å². The standard InChI is InChI=1S/C16H34O/c1-5-7-9-15(3)11-13-17-14-12-16(4)10-8-6-2/h15-16H,5-14H2,1-4H3. The molecule has 0 aliphatic rings. The molecule has 1 nitrogen and oxygen atoms in total. The third-order valence-electron chi connectivity index (χ3n) is 3.61. The number of hydrogen-bond acceptors (Lipinski definition) is 1. The minimum atomic E-state index is 0.840. The fourth-order valence-corrected chi connectivity index (χ4v) is 2.06. The molecule has 2 unspecified atom stereocenters. The van der Waals surface area contributed by atoms with Crippen LogP contribution in [0.25, 0.3) is 0 Å². The zero-order valence-corrected chi connectivity index (χ0v) is 12.6. The summed E-state index contributed by atoms with van der Waals surface area (Å²) in [6.45, 7) is 11.2. The van der Waals surface area contributed by atoms with Crippen LogP contribution >= 0.6 is 0 Å². The molecule has 17 heavy (non-hydrogen) atoms. The monoisotopic (exact) mass is 242 g/mol. The van der Waals surface area contributed by atoms with Gasteiger partial charge in [0.05, 0.1) is 0 Å². The fourth-order valence-electron chi connectivity index (χ4n) is 2.06. The summed E-state index contributed by atoms with van der Waals surface area (Å²) in [4.78, 5) is 0. The van der Waals surface area contributed by atoms with Crippen LogP contribution in [0.5, 0.6) is 0 Å². The lowest BCUT2D eigenvalue weighted by molar-refractivity contribution is 0.108. The molecule has 0 rings (SSSR count). The molecule has 0 saturated carbocycles. The van der Waals surface area contributed by atoms with Crippen molar-refractivity contribution < 1.29 is 4.74 Å². The number of hydrogen-bond donors (Lipinski definition) is 0. The molecule has 104 valence electrons. The van der Waals surface area contributed by atoms with E-state index in [-0.39, 0.29) is 0 Å². The Morgan fingerprint density at radius 1 is 0.706 bits per heavy atom. The molecule has 0 aromatic rings. The third-order valence-corrected chi connectivity index (χ3v) is 3.61. The van der Waals surface area contributed by atoms with Crippen molar-refractivity contribution in [3.05, 3.63) is 0 Å². The van der Waals surface area contributed by atoms with Crippen LogP contribution < -0.4 is 0 Å². The average Bonchev–Trinajstić information content (AvgIpc) is 2.33. The van der Waals surface area contributed by atoms with Gasteiger partial charge in [-0.1, -0.05) is 66.2 Å². The Morgan fingerprint density at radius 2 is 1.12 bits per heavy atom. The van der Waals surface area contributed by atoms with Gasteiger partial charge >= 0.3 is 0 Å². The Bertz CT molecular complexity index is 128. The SMILES string of the molecule is CCCCC(C)CCOCCC(C)CCCC. The lowest BCUT2D eigenvalue weighted by atomic mass is 10.0. The van der Waals surface area contributed by atoms with Crippen LogP contribution in [0.3, 0.4) is 0 Å². The predicted molar refractivity (Wildman–Crippen MR) is 77.4 cm³/mol. The van der Waals surface area contributed by atoms with Gasteiger partial charge in [-0.2, -0.15) is 0 Å². The van der Waals surface area contributed by atoms with Crippen LogP contribution in [0.1, 0.15) is 79.1 Å². The van der Waals surface area contributed by atoms with Crippen LogP contribution in [-0.2, 0) is 4.74 Å². The molecule has 2 atom stereocenters. The summed E-state index contributed by atoms with van der Waals surface area (Å²) >= 11 is 0. The summed E-state index contributed by atoms with van der Waals surface area (Å²) in [6.07, 6.45) is 10.6. The second-order valence-corrected chi connectivity index (χ2v) is 5.68. The highest BCUT2D eigenvalue weighted by atomic mass is 16.5. The van der Waals surface area contributed by atoms with Gasteiger partial charge < -0.3 is 4.74 Å². The molecule has 0 aliphatic carbocycles. The summed E-state index contributed by atoms with van der Waals surface area (Å²) in [5.41, 5.74) is 0. The van der Waals surface area contributed by atoms with Gasteiger partial charge in [-0.15, -0.1) is 0 Å². The summed E-state index contributed by atoms with van der Waals surface area (Å²) in [7, 11) is 0. The van der Waals surface area contributed by atoms with E-state index in [2.05, 4.69) is 27.7 Å². The summed E-state index contributed by atoms with van der Waals surface area (Å²) in [5, 5.41) is 0. The maximum atomic E-state index is 5.73. The van der Waals surface area contributed by atoms with Crippen molar-refractivity contribution >= 4 is 0 Å². The van der Waals surface area contributed by atoms with Gasteiger partial charge in [-0.05, 0) is 24.7 Å². The molecular weight excluding hydrogens is 208 g/mol. The first-order chi connectivity index (χ1) is 8.20. The smallest absolute Gasteiger partial charge is 0.0468 e. The Kier molecular flexibility index (Phi) is 12.4. The molecule has 0 aromatic heterocycles. The molecule has 0 radical (unpaired) electrons. The van der Waals surface area contributed by atoms with Crippen molar-refractivity contribution in [1.82, 2.24) is 0 Å². The maximum Gasteiger partial charge on any atom is 0.0468 e. The molecule has 0 saturated heterocycles. The molecule has 0 aromatic carbocycles. The molecule has 1 heteroatoms. The highest BCUT2D eigenvalue weighted by Crippen LogP contribution is 2.13. The molecule has 0 bridgehead atoms. The van der Waals surface area contributed by atoms with Gasteiger partial charge in [0.2, 0.25) is 0 Å². The first kappa shape index (κ1) is 17.0. The van der Waals surface area contributed by atoms with E-state index in [1.807, 2.05) is 0 Å². The van der Waals surface area contributed by atoms with Crippen molar-refractivity contribution in [3.8, 4) is 0 Å². The topological polar surface area (TPSA) is 9.23 Å². The van der Waals surface area contributed by atoms with Gasteiger partial charge in [-0.25, -0.2) is 0 Å². The van der Waals surface area contributed by atoms with E-state index in [0.29, 0.717) is 0 Å². The fraction of sp³-hybridized carbons (Fsp3) is 1.00. The van der Waals surface area contributed by atoms with Gasteiger partial charge in [0, 0.05) is 13.2 Å². The molecule has 0 fully saturated rings. The molecule has 0 heterocycles. The molecular formula is C16H34O. The van der Waals surface area contributed by atoms with Crippen LogP contribution in [0, 0.1) is 11.8 Å². The molecule has 0 N–H and O–H groups in total. The first-order valence-electron chi connectivity index (χ1n) is 7.78. The quantitative estimate of drug-likeness (QED) is 0.414. The zero-order chi connectivity index (χ0) is 12.9. The van der Waals surface area contributed by atoms with Crippen LogP contribution in [0.2, 0.25) is 0 Å². The van der Waals surface area contributed by atoms with E-state index in [4.69, 9.17) is 4.74 Å². The van der Waals surface area contributed by atoms with Crippen molar-refractivity contribution in [3.63, 3.8) is 0 Å². The molecule has 0 amide bonds. The molecule has 0 aliphatic heterocycles. The normalized spacial score (nSPS) is 14.8. The van der Waals surface area contributed by atoms with Crippen LogP contribution in [0.15, 0.2) is 0 Å². The third kappa shape index (κ3) is 12.2. The van der Waals surface area contributed by atoms with Gasteiger partial charge in [0.15, 0.2) is 0 Å². The Hall–Kier alpha value is -0.0400.